The molecule has 1 unspecified atom stereocenters. The largest absolute Gasteiger partial charge is 0.462 e. The number of ether oxygens (including phenoxy) is 3. The highest BCUT2D eigenvalue weighted by Crippen LogP contribution is 2.11. The van der Waals surface area contributed by atoms with Crippen molar-refractivity contribution in [2.24, 2.45) is 0 Å². The van der Waals surface area contributed by atoms with E-state index < -0.39 is 6.10 Å². The lowest BCUT2D eigenvalue weighted by Gasteiger charge is -2.18. The van der Waals surface area contributed by atoms with Crippen molar-refractivity contribution in [3.8, 4) is 0 Å². The number of hydrogen-bond donors (Lipinski definition) is 0. The van der Waals surface area contributed by atoms with E-state index in [-0.39, 0.29) is 25.2 Å². The first kappa shape index (κ1) is 51.1. The van der Waals surface area contributed by atoms with Gasteiger partial charge in [-0.15, -0.1) is 0 Å². The Morgan fingerprint density at radius 1 is 0.426 bits per heavy atom. The molecule has 0 radical (unpaired) electrons. The summed E-state index contributed by atoms with van der Waals surface area (Å²) in [4.78, 5) is 25.0. The third kappa shape index (κ3) is 41.8. The zero-order valence-electron chi connectivity index (χ0n) is 35.2. The molecule has 0 aromatic rings. The molecule has 0 aliphatic carbocycles. The van der Waals surface area contributed by atoms with Crippen molar-refractivity contribution in [2.45, 2.75) is 194 Å². The third-order valence-electron chi connectivity index (χ3n) is 8.93. The molecule has 0 fully saturated rings. The fourth-order valence-electron chi connectivity index (χ4n) is 5.65. The Hall–Kier alpha value is -2.92. The van der Waals surface area contributed by atoms with Crippen molar-refractivity contribution in [1.29, 1.82) is 0 Å². The summed E-state index contributed by atoms with van der Waals surface area (Å²) in [7, 11) is 0. The van der Waals surface area contributed by atoms with Gasteiger partial charge in [-0.1, -0.05) is 176 Å². The Bertz CT molecular complexity index is 1030. The molecule has 0 heterocycles. The Morgan fingerprint density at radius 3 is 1.43 bits per heavy atom. The van der Waals surface area contributed by atoms with Gasteiger partial charge >= 0.3 is 11.9 Å². The average Bonchev–Trinajstić information content (AvgIpc) is 3.17. The molecule has 1 atom stereocenters. The van der Waals surface area contributed by atoms with Gasteiger partial charge in [-0.3, -0.25) is 9.59 Å². The van der Waals surface area contributed by atoms with Crippen molar-refractivity contribution in [3.05, 3.63) is 85.1 Å². The fourth-order valence-corrected chi connectivity index (χ4v) is 5.65. The first-order valence-electron chi connectivity index (χ1n) is 22.1. The number of hydrogen-bond acceptors (Lipinski definition) is 5. The molecule has 0 saturated carbocycles. The number of rotatable bonds is 39. The summed E-state index contributed by atoms with van der Waals surface area (Å²) in [6, 6.07) is 0. The first-order valence-corrected chi connectivity index (χ1v) is 22.1. The lowest BCUT2D eigenvalue weighted by Crippen LogP contribution is -2.30. The molecule has 0 amide bonds. The van der Waals surface area contributed by atoms with Crippen LogP contribution in [0.4, 0.5) is 0 Å². The van der Waals surface area contributed by atoms with Crippen LogP contribution in [0.3, 0.4) is 0 Å². The van der Waals surface area contributed by atoms with Crippen LogP contribution in [0.2, 0.25) is 0 Å². The second kappa shape index (κ2) is 44.5. The van der Waals surface area contributed by atoms with E-state index in [0.717, 1.165) is 70.6 Å². The molecule has 0 rings (SSSR count). The summed E-state index contributed by atoms with van der Waals surface area (Å²) in [5.41, 5.74) is 0. The first-order chi connectivity index (χ1) is 26.6. The van der Waals surface area contributed by atoms with Crippen molar-refractivity contribution in [1.82, 2.24) is 0 Å². The molecule has 0 aliphatic rings. The molecule has 0 bridgehead atoms. The summed E-state index contributed by atoms with van der Waals surface area (Å²) in [6.45, 7) is 7.52. The zero-order chi connectivity index (χ0) is 39.3. The van der Waals surface area contributed by atoms with Crippen molar-refractivity contribution >= 4 is 11.9 Å². The monoisotopic (exact) mass is 751 g/mol. The smallest absolute Gasteiger partial charge is 0.306 e. The van der Waals surface area contributed by atoms with Gasteiger partial charge in [0.25, 0.3) is 0 Å². The molecule has 0 N–H and O–H groups in total. The van der Waals surface area contributed by atoms with Crippen LogP contribution in [0.1, 0.15) is 188 Å². The Balaban J connectivity index is 4.22. The highest BCUT2D eigenvalue weighted by molar-refractivity contribution is 5.70. The number of allylic oxidation sites excluding steroid dienone is 14. The van der Waals surface area contributed by atoms with Crippen LogP contribution in [-0.4, -0.2) is 37.9 Å². The van der Waals surface area contributed by atoms with E-state index in [0.29, 0.717) is 25.9 Å². The van der Waals surface area contributed by atoms with Crippen LogP contribution in [0.25, 0.3) is 0 Å². The molecular weight excluding hydrogens is 669 g/mol. The van der Waals surface area contributed by atoms with E-state index in [4.69, 9.17) is 14.2 Å². The van der Waals surface area contributed by atoms with Gasteiger partial charge in [0.2, 0.25) is 0 Å². The maximum absolute atomic E-state index is 12.5. The predicted molar refractivity (Wildman–Crippen MR) is 233 cm³/mol. The van der Waals surface area contributed by atoms with Gasteiger partial charge < -0.3 is 14.2 Å². The number of carbonyl (C=O) groups excluding carboxylic acids is 2. The Kier molecular flexibility index (Phi) is 42.1. The van der Waals surface area contributed by atoms with Gasteiger partial charge in [0.05, 0.1) is 6.61 Å². The minimum Gasteiger partial charge on any atom is -0.462 e. The minimum atomic E-state index is -0.567. The highest BCUT2D eigenvalue weighted by atomic mass is 16.6. The number of esters is 2. The second-order valence-corrected chi connectivity index (χ2v) is 14.2. The normalized spacial score (nSPS) is 13.0. The lowest BCUT2D eigenvalue weighted by molar-refractivity contribution is -0.162. The van der Waals surface area contributed by atoms with Gasteiger partial charge in [-0.05, 0) is 83.5 Å². The molecule has 308 valence electrons. The van der Waals surface area contributed by atoms with E-state index >= 15 is 0 Å². The van der Waals surface area contributed by atoms with Crippen LogP contribution in [0, 0.1) is 0 Å². The van der Waals surface area contributed by atoms with E-state index in [1.165, 1.54) is 77.0 Å². The molecule has 0 aliphatic heterocycles. The quantitative estimate of drug-likeness (QED) is 0.0356. The van der Waals surface area contributed by atoms with E-state index in [1.807, 2.05) is 6.08 Å². The Morgan fingerprint density at radius 2 is 0.870 bits per heavy atom. The highest BCUT2D eigenvalue weighted by Gasteiger charge is 2.17. The molecule has 54 heavy (non-hydrogen) atoms. The number of carbonyl (C=O) groups is 2. The van der Waals surface area contributed by atoms with E-state index in [9.17, 15) is 9.59 Å². The number of unbranched alkanes of at least 4 members (excludes halogenated alkanes) is 14. The molecule has 0 aromatic heterocycles. The van der Waals surface area contributed by atoms with Crippen molar-refractivity contribution in [2.75, 3.05) is 19.8 Å². The van der Waals surface area contributed by atoms with Crippen LogP contribution in [-0.2, 0) is 23.8 Å². The second-order valence-electron chi connectivity index (χ2n) is 14.2. The zero-order valence-corrected chi connectivity index (χ0v) is 35.2. The average molecular weight is 751 g/mol. The maximum atomic E-state index is 12.5. The van der Waals surface area contributed by atoms with Gasteiger partial charge in [0.15, 0.2) is 6.10 Å². The minimum absolute atomic E-state index is 0.0390. The van der Waals surface area contributed by atoms with Gasteiger partial charge in [0.1, 0.15) is 6.61 Å². The topological polar surface area (TPSA) is 61.8 Å². The maximum Gasteiger partial charge on any atom is 0.306 e. The Labute approximate surface area is 333 Å². The standard InChI is InChI=1S/C49H82O5/c1-4-7-10-13-15-17-19-21-23-24-25-26-27-28-30-32-34-37-39-42-48(50)53-46-47(54-49(51)43-40-36-12-9-6-3)45-52-44-41-38-35-33-31-29-22-20-18-16-14-11-8-5-2/h7,10,15,17-18,20-21,23,25-26,28,30,34,37,47H,4-6,8-9,11-14,16,19,22,24,27,29,31-33,35-36,38-46H2,1-3H3/b10-7-,17-15-,20-18-,23-21-,26-25-,30-28-,37-34-. The van der Waals surface area contributed by atoms with Crippen LogP contribution in [0.5, 0.6) is 0 Å². The van der Waals surface area contributed by atoms with Gasteiger partial charge in [0, 0.05) is 19.4 Å². The lowest BCUT2D eigenvalue weighted by atomic mass is 10.1. The SMILES string of the molecule is CC/C=C\C/C=C\C/C=C\C/C=C\C/C=C\C/C=C\CCC(=O)OCC(COCCCCCCCC/C=C\CCCCCC)OC(=O)CCCCCCC. The summed E-state index contributed by atoms with van der Waals surface area (Å²) < 4.78 is 17.1. The molecular formula is C49H82O5. The predicted octanol–water partition coefficient (Wildman–Crippen LogP) is 14.6. The van der Waals surface area contributed by atoms with E-state index in [1.54, 1.807) is 0 Å². The van der Waals surface area contributed by atoms with Gasteiger partial charge in [-0.25, -0.2) is 0 Å². The molecule has 0 spiro atoms. The summed E-state index contributed by atoms with van der Waals surface area (Å²) in [6.07, 6.45) is 57.6. The van der Waals surface area contributed by atoms with Gasteiger partial charge in [-0.2, -0.15) is 0 Å². The van der Waals surface area contributed by atoms with Crippen LogP contribution < -0.4 is 0 Å². The molecule has 0 aromatic carbocycles. The summed E-state index contributed by atoms with van der Waals surface area (Å²) in [5.74, 6) is -0.516. The molecule has 5 nitrogen and oxygen atoms in total. The van der Waals surface area contributed by atoms with Crippen molar-refractivity contribution < 1.29 is 23.8 Å². The van der Waals surface area contributed by atoms with Crippen molar-refractivity contribution in [3.63, 3.8) is 0 Å². The molecule has 5 heteroatoms. The van der Waals surface area contributed by atoms with E-state index in [2.05, 4.69) is 99.8 Å². The third-order valence-corrected chi connectivity index (χ3v) is 8.93. The summed E-state index contributed by atoms with van der Waals surface area (Å²) >= 11 is 0. The van der Waals surface area contributed by atoms with Crippen LogP contribution in [0.15, 0.2) is 85.1 Å². The fraction of sp³-hybridized carbons (Fsp3) is 0.673. The summed E-state index contributed by atoms with van der Waals surface area (Å²) in [5, 5.41) is 0. The van der Waals surface area contributed by atoms with Crippen LogP contribution >= 0.6 is 0 Å². The molecule has 0 saturated heterocycles.